The minimum Gasteiger partial charge on any atom is -0.358 e. The Hall–Kier alpha value is -0.760. The van der Waals surface area contributed by atoms with Crippen molar-refractivity contribution >= 4 is 26.8 Å². The van der Waals surface area contributed by atoms with Gasteiger partial charge in [0, 0.05) is 26.5 Å². The highest BCUT2D eigenvalue weighted by atomic mass is 79.9. The Bertz CT molecular complexity index is 599. The molecule has 19 heavy (non-hydrogen) atoms. The zero-order valence-corrected chi connectivity index (χ0v) is 13.4. The van der Waals surface area contributed by atoms with E-state index in [4.69, 9.17) is 0 Å². The third kappa shape index (κ3) is 2.24. The lowest BCUT2D eigenvalue weighted by Crippen LogP contribution is -2.27. The van der Waals surface area contributed by atoms with Crippen LogP contribution in [-0.2, 0) is 11.8 Å². The van der Waals surface area contributed by atoms with Gasteiger partial charge >= 0.3 is 0 Å². The molecule has 1 nitrogen and oxygen atoms in total. The molecule has 1 atom stereocenters. The van der Waals surface area contributed by atoms with Crippen molar-refractivity contribution in [3.8, 4) is 0 Å². The second kappa shape index (κ2) is 4.97. The number of hydrogen-bond acceptors (Lipinski definition) is 0. The topological polar surface area (TPSA) is 15.8 Å². The Balaban J connectivity index is 2.11. The van der Waals surface area contributed by atoms with E-state index in [9.17, 15) is 0 Å². The molecule has 0 saturated carbocycles. The molecular weight excluding hydrogens is 298 g/mol. The van der Waals surface area contributed by atoms with Crippen molar-refractivity contribution in [3.63, 3.8) is 0 Å². The van der Waals surface area contributed by atoms with Crippen molar-refractivity contribution in [1.82, 2.24) is 4.98 Å². The Morgan fingerprint density at radius 3 is 3.00 bits per heavy atom. The lowest BCUT2D eigenvalue weighted by Gasteiger charge is -2.34. The maximum atomic E-state index is 3.73. The molecule has 0 fully saturated rings. The van der Waals surface area contributed by atoms with Crippen molar-refractivity contribution in [2.24, 2.45) is 0 Å². The highest BCUT2D eigenvalue weighted by Gasteiger charge is 2.33. The number of nitrogens with one attached hydrogen (secondary N) is 1. The number of aromatic nitrogens is 1. The van der Waals surface area contributed by atoms with Gasteiger partial charge in [-0.1, -0.05) is 48.7 Å². The van der Waals surface area contributed by atoms with Crippen molar-refractivity contribution in [1.29, 1.82) is 0 Å². The highest BCUT2D eigenvalue weighted by Crippen LogP contribution is 2.43. The van der Waals surface area contributed by atoms with Crippen molar-refractivity contribution < 1.29 is 0 Å². The van der Waals surface area contributed by atoms with Crippen LogP contribution in [0, 0.1) is 0 Å². The van der Waals surface area contributed by atoms with Gasteiger partial charge in [0.05, 0.1) is 0 Å². The molecular formula is C17H22BrN. The van der Waals surface area contributed by atoms with Gasteiger partial charge in [-0.2, -0.15) is 0 Å². The van der Waals surface area contributed by atoms with Gasteiger partial charge in [-0.3, -0.25) is 0 Å². The number of rotatable bonds is 3. The third-order valence-electron chi connectivity index (χ3n) is 4.71. The molecule has 1 heterocycles. The molecule has 0 saturated heterocycles. The predicted molar refractivity (Wildman–Crippen MR) is 85.8 cm³/mol. The number of aryl methyl sites for hydroxylation is 1. The molecule has 0 amide bonds. The fourth-order valence-electron chi connectivity index (χ4n) is 3.60. The Labute approximate surface area is 123 Å². The van der Waals surface area contributed by atoms with E-state index in [1.54, 1.807) is 5.56 Å². The first kappa shape index (κ1) is 13.2. The molecule has 0 spiro atoms. The number of halogens is 1. The molecule has 1 N–H and O–H groups in total. The summed E-state index contributed by atoms with van der Waals surface area (Å²) in [7, 11) is 0. The van der Waals surface area contributed by atoms with Gasteiger partial charge in [-0.15, -0.1) is 0 Å². The van der Waals surface area contributed by atoms with Crippen LogP contribution in [0.3, 0.4) is 0 Å². The molecule has 0 bridgehead atoms. The summed E-state index contributed by atoms with van der Waals surface area (Å²) >= 11 is 3.58. The normalized spacial score (nSPS) is 22.7. The second-order valence-electron chi connectivity index (χ2n) is 6.19. The van der Waals surface area contributed by atoms with Crippen LogP contribution in [0.2, 0.25) is 0 Å². The highest BCUT2D eigenvalue weighted by molar-refractivity contribution is 9.10. The predicted octanol–water partition coefficient (Wildman–Crippen LogP) is 5.71. The monoisotopic (exact) mass is 319 g/mol. The van der Waals surface area contributed by atoms with Crippen molar-refractivity contribution in [2.45, 2.75) is 57.8 Å². The van der Waals surface area contributed by atoms with Crippen molar-refractivity contribution in [3.05, 3.63) is 33.9 Å². The van der Waals surface area contributed by atoms with E-state index in [0.717, 1.165) is 4.47 Å². The minimum absolute atomic E-state index is 0.356. The first-order valence-electron chi connectivity index (χ1n) is 7.44. The maximum Gasteiger partial charge on any atom is 0.0470 e. The van der Waals surface area contributed by atoms with Crippen LogP contribution in [0.1, 0.15) is 57.2 Å². The van der Waals surface area contributed by atoms with E-state index < -0.39 is 0 Å². The van der Waals surface area contributed by atoms with Crippen molar-refractivity contribution in [2.75, 3.05) is 0 Å². The van der Waals surface area contributed by atoms with Gasteiger partial charge in [0.1, 0.15) is 0 Å². The second-order valence-corrected chi connectivity index (χ2v) is 7.10. The first-order valence-corrected chi connectivity index (χ1v) is 8.24. The summed E-state index contributed by atoms with van der Waals surface area (Å²) in [5.74, 6) is 0. The molecule has 0 aliphatic heterocycles. The summed E-state index contributed by atoms with van der Waals surface area (Å²) in [6.07, 6.45) is 7.82. The average Bonchev–Trinajstić information content (AvgIpc) is 2.76. The van der Waals surface area contributed by atoms with E-state index in [1.807, 2.05) is 0 Å². The van der Waals surface area contributed by atoms with Gasteiger partial charge in [0.2, 0.25) is 0 Å². The molecule has 1 aromatic heterocycles. The molecule has 0 unspecified atom stereocenters. The summed E-state index contributed by atoms with van der Waals surface area (Å²) < 4.78 is 1.16. The van der Waals surface area contributed by atoms with E-state index in [2.05, 4.69) is 53.0 Å². The number of fused-ring (bicyclic) bond motifs is 3. The van der Waals surface area contributed by atoms with Gasteiger partial charge in [-0.05, 0) is 43.4 Å². The van der Waals surface area contributed by atoms with E-state index in [1.165, 1.54) is 55.1 Å². The molecule has 1 aliphatic carbocycles. The van der Waals surface area contributed by atoms with Crippen LogP contribution in [-0.4, -0.2) is 4.98 Å². The molecule has 102 valence electrons. The SMILES string of the molecule is CCCC[C@]1(C)CCCc2c1[nH]c1cc(Br)ccc21. The van der Waals surface area contributed by atoms with Crippen LogP contribution in [0.15, 0.2) is 22.7 Å². The molecule has 2 heteroatoms. The lowest BCUT2D eigenvalue weighted by molar-refractivity contribution is 0.349. The summed E-state index contributed by atoms with van der Waals surface area (Å²) in [5.41, 5.74) is 4.74. The zero-order valence-electron chi connectivity index (χ0n) is 11.9. The number of H-pyrrole nitrogens is 1. The number of hydrogen-bond donors (Lipinski definition) is 1. The Morgan fingerprint density at radius 2 is 2.21 bits per heavy atom. The summed E-state index contributed by atoms with van der Waals surface area (Å²) in [6, 6.07) is 6.64. The van der Waals surface area contributed by atoms with Gasteiger partial charge in [0.25, 0.3) is 0 Å². The molecule has 0 radical (unpaired) electrons. The standard InChI is InChI=1S/C17H22BrN/c1-3-4-9-17(2)10-5-6-14-13-8-7-12(18)11-15(13)19-16(14)17/h7-8,11,19H,3-6,9-10H2,1-2H3/t17-/m1/s1. The zero-order chi connectivity index (χ0) is 13.5. The number of benzene rings is 1. The smallest absolute Gasteiger partial charge is 0.0470 e. The van der Waals surface area contributed by atoms with E-state index in [-0.39, 0.29) is 0 Å². The van der Waals surface area contributed by atoms with Gasteiger partial charge in [-0.25, -0.2) is 0 Å². The lowest BCUT2D eigenvalue weighted by atomic mass is 9.72. The summed E-state index contributed by atoms with van der Waals surface area (Å²) in [5, 5.41) is 1.43. The molecule has 3 rings (SSSR count). The van der Waals surface area contributed by atoms with Crippen LogP contribution in [0.4, 0.5) is 0 Å². The maximum absolute atomic E-state index is 3.73. The fraction of sp³-hybridized carbons (Fsp3) is 0.529. The van der Waals surface area contributed by atoms with E-state index in [0.29, 0.717) is 5.41 Å². The van der Waals surface area contributed by atoms with Gasteiger partial charge in [0.15, 0.2) is 0 Å². The average molecular weight is 320 g/mol. The van der Waals surface area contributed by atoms with Crippen LogP contribution >= 0.6 is 15.9 Å². The summed E-state index contributed by atoms with van der Waals surface area (Å²) in [4.78, 5) is 3.73. The first-order chi connectivity index (χ1) is 9.14. The van der Waals surface area contributed by atoms with Gasteiger partial charge < -0.3 is 4.98 Å². The fourth-order valence-corrected chi connectivity index (χ4v) is 3.96. The molecule has 1 aromatic carbocycles. The Kier molecular flexibility index (Phi) is 3.46. The number of aromatic amines is 1. The van der Waals surface area contributed by atoms with E-state index >= 15 is 0 Å². The third-order valence-corrected chi connectivity index (χ3v) is 5.20. The van der Waals surface area contributed by atoms with Crippen LogP contribution < -0.4 is 0 Å². The van der Waals surface area contributed by atoms with Crippen LogP contribution in [0.25, 0.3) is 10.9 Å². The minimum atomic E-state index is 0.356. The molecule has 2 aromatic rings. The largest absolute Gasteiger partial charge is 0.358 e. The summed E-state index contributed by atoms with van der Waals surface area (Å²) in [6.45, 7) is 4.74. The quantitative estimate of drug-likeness (QED) is 0.745. The molecule has 1 aliphatic rings. The number of unbranched alkanes of at least 4 members (excludes halogenated alkanes) is 1. The Morgan fingerprint density at radius 1 is 1.37 bits per heavy atom. The van der Waals surface area contributed by atoms with Crippen LogP contribution in [0.5, 0.6) is 0 Å².